The Hall–Kier alpha value is -1.41. The number of nitrogens with zero attached hydrogens (tertiary/aromatic N) is 1. The second-order valence-corrected chi connectivity index (χ2v) is 2.10. The Labute approximate surface area is 75.6 Å². The van der Waals surface area contributed by atoms with E-state index in [-0.39, 0.29) is 18.8 Å². The summed E-state index contributed by atoms with van der Waals surface area (Å²) in [6, 6.07) is 1.56. The lowest BCUT2D eigenvalue weighted by atomic mass is 10.3. The van der Waals surface area contributed by atoms with Crippen LogP contribution in [0.2, 0.25) is 0 Å². The van der Waals surface area contributed by atoms with Gasteiger partial charge in [0.15, 0.2) is 6.86 Å². The van der Waals surface area contributed by atoms with Crippen molar-refractivity contribution in [1.82, 2.24) is 0 Å². The maximum Gasteiger partial charge on any atom is 0.348 e. The fourth-order valence-electron chi connectivity index (χ4n) is 0.513. The average Bonchev–Trinajstić information content (AvgIpc) is 2.16. The second kappa shape index (κ2) is 7.25. The molecule has 0 aliphatic rings. The third-order valence-electron chi connectivity index (χ3n) is 1.12. The van der Waals surface area contributed by atoms with Gasteiger partial charge in [-0.3, -0.25) is 0 Å². The molecule has 0 spiro atoms. The molecule has 0 amide bonds. The molecule has 4 nitrogen and oxygen atoms in total. The van der Waals surface area contributed by atoms with Gasteiger partial charge in [-0.15, -0.1) is 0 Å². The van der Waals surface area contributed by atoms with Gasteiger partial charge in [0.05, 0.1) is 13.2 Å². The number of esters is 1. The molecule has 0 rings (SSSR count). The van der Waals surface area contributed by atoms with Crippen LogP contribution in [0.1, 0.15) is 6.42 Å². The highest BCUT2D eigenvalue weighted by molar-refractivity contribution is 5.91. The molecule has 5 heteroatoms. The molecule has 0 aromatic rings. The largest absolute Gasteiger partial charge is 0.461 e. The van der Waals surface area contributed by atoms with Gasteiger partial charge in [-0.05, 0) is 0 Å². The summed E-state index contributed by atoms with van der Waals surface area (Å²) in [5.74, 6) is -0.747. The van der Waals surface area contributed by atoms with Crippen molar-refractivity contribution in [1.29, 1.82) is 5.26 Å². The van der Waals surface area contributed by atoms with Gasteiger partial charge in [-0.25, -0.2) is 9.18 Å². The minimum atomic E-state index is -0.848. The van der Waals surface area contributed by atoms with Gasteiger partial charge in [0.2, 0.25) is 0 Å². The summed E-state index contributed by atoms with van der Waals surface area (Å²) in [5, 5.41) is 8.22. The van der Waals surface area contributed by atoms with Crippen LogP contribution in [0.3, 0.4) is 0 Å². The topological polar surface area (TPSA) is 59.3 Å². The highest BCUT2D eigenvalue weighted by atomic mass is 19.1. The molecule has 0 aliphatic heterocycles. The quantitative estimate of drug-likeness (QED) is 0.269. The van der Waals surface area contributed by atoms with Crippen LogP contribution in [0.5, 0.6) is 0 Å². The Balaban J connectivity index is 3.39. The second-order valence-electron chi connectivity index (χ2n) is 2.10. The highest BCUT2D eigenvalue weighted by Crippen LogP contribution is 1.93. The number of carbonyl (C=O) groups is 1. The van der Waals surface area contributed by atoms with Crippen molar-refractivity contribution in [3.8, 4) is 6.07 Å². The monoisotopic (exact) mass is 187 g/mol. The van der Waals surface area contributed by atoms with Gasteiger partial charge >= 0.3 is 5.97 Å². The minimum Gasteiger partial charge on any atom is -0.461 e. The van der Waals surface area contributed by atoms with Gasteiger partial charge in [0.25, 0.3) is 0 Å². The minimum absolute atomic E-state index is 0.0968. The fraction of sp³-hybridized carbons (Fsp3) is 0.500. The molecule has 0 aromatic carbocycles. The third-order valence-corrected chi connectivity index (χ3v) is 1.12. The first kappa shape index (κ1) is 11.6. The van der Waals surface area contributed by atoms with E-state index in [4.69, 9.17) is 5.26 Å². The third kappa shape index (κ3) is 5.82. The predicted molar refractivity (Wildman–Crippen MR) is 42.3 cm³/mol. The van der Waals surface area contributed by atoms with Crippen molar-refractivity contribution in [2.24, 2.45) is 0 Å². The summed E-state index contributed by atoms with van der Waals surface area (Å²) < 4.78 is 20.3. The molecule has 0 atom stereocenters. The molecule has 0 unspecified atom stereocenters. The molecule has 0 aromatic heterocycles. The van der Waals surface area contributed by atoms with E-state index in [9.17, 15) is 9.18 Å². The molecule has 0 heterocycles. The van der Waals surface area contributed by atoms with Gasteiger partial charge in [0, 0.05) is 6.42 Å². The Morgan fingerprint density at radius 3 is 2.77 bits per heavy atom. The number of hydrogen-bond acceptors (Lipinski definition) is 4. The summed E-state index contributed by atoms with van der Waals surface area (Å²) in [4.78, 5) is 10.7. The van der Waals surface area contributed by atoms with Gasteiger partial charge in [-0.1, -0.05) is 6.58 Å². The van der Waals surface area contributed by atoms with E-state index in [0.717, 1.165) is 0 Å². The number of hydrogen-bond donors (Lipinski definition) is 0. The van der Waals surface area contributed by atoms with Crippen LogP contribution in [0.25, 0.3) is 0 Å². The Morgan fingerprint density at radius 1 is 1.54 bits per heavy atom. The Morgan fingerprint density at radius 2 is 2.23 bits per heavy atom. The van der Waals surface area contributed by atoms with Crippen molar-refractivity contribution in [2.45, 2.75) is 6.42 Å². The molecule has 13 heavy (non-hydrogen) atoms. The molecule has 0 N–H and O–H groups in total. The van der Waals surface area contributed by atoms with Crippen LogP contribution in [0.4, 0.5) is 4.39 Å². The van der Waals surface area contributed by atoms with Crippen LogP contribution < -0.4 is 0 Å². The molecule has 72 valence electrons. The lowest BCUT2D eigenvalue weighted by Gasteiger charge is -2.02. The van der Waals surface area contributed by atoms with E-state index >= 15 is 0 Å². The zero-order valence-corrected chi connectivity index (χ0v) is 7.09. The number of carbonyl (C=O) groups excluding carboxylic acids is 1. The highest BCUT2D eigenvalue weighted by Gasteiger charge is 2.05. The van der Waals surface area contributed by atoms with Crippen molar-refractivity contribution >= 4 is 5.97 Å². The van der Waals surface area contributed by atoms with Crippen LogP contribution in [0.15, 0.2) is 12.2 Å². The molecule has 0 bridgehead atoms. The SMILES string of the molecule is C=C(C#N)C(=O)OCCCOCF. The van der Waals surface area contributed by atoms with E-state index in [1.165, 1.54) is 0 Å². The first-order valence-corrected chi connectivity index (χ1v) is 3.62. The summed E-state index contributed by atoms with van der Waals surface area (Å²) in [6.07, 6.45) is 0.397. The number of halogens is 1. The van der Waals surface area contributed by atoms with Crippen LogP contribution in [-0.4, -0.2) is 26.0 Å². The lowest BCUT2D eigenvalue weighted by molar-refractivity contribution is -0.138. The Bertz CT molecular complexity index is 222. The number of rotatable bonds is 6. The summed E-state index contributed by atoms with van der Waals surface area (Å²) in [7, 11) is 0. The van der Waals surface area contributed by atoms with Gasteiger partial charge in [-0.2, -0.15) is 5.26 Å². The first-order valence-electron chi connectivity index (χ1n) is 3.62. The van der Waals surface area contributed by atoms with E-state index in [1.54, 1.807) is 6.07 Å². The van der Waals surface area contributed by atoms with Crippen LogP contribution in [0, 0.1) is 11.3 Å². The zero-order valence-electron chi connectivity index (χ0n) is 7.09. The summed E-state index contributed by atoms with van der Waals surface area (Å²) in [6.45, 7) is 2.59. The molecule has 0 saturated carbocycles. The predicted octanol–water partition coefficient (Wildman–Crippen LogP) is 0.943. The molecule has 0 saturated heterocycles. The van der Waals surface area contributed by atoms with E-state index in [2.05, 4.69) is 16.1 Å². The zero-order chi connectivity index (χ0) is 10.1. The molecular weight excluding hydrogens is 177 g/mol. The van der Waals surface area contributed by atoms with Crippen LogP contribution in [-0.2, 0) is 14.3 Å². The molecule has 0 fully saturated rings. The van der Waals surface area contributed by atoms with Crippen molar-refractivity contribution in [2.75, 3.05) is 20.1 Å². The van der Waals surface area contributed by atoms with Crippen molar-refractivity contribution in [3.63, 3.8) is 0 Å². The van der Waals surface area contributed by atoms with E-state index in [1.807, 2.05) is 0 Å². The van der Waals surface area contributed by atoms with Crippen LogP contribution >= 0.6 is 0 Å². The molecule has 0 radical (unpaired) electrons. The smallest absolute Gasteiger partial charge is 0.348 e. The van der Waals surface area contributed by atoms with E-state index in [0.29, 0.717) is 6.42 Å². The molecule has 0 aliphatic carbocycles. The lowest BCUT2D eigenvalue weighted by Crippen LogP contribution is -2.08. The van der Waals surface area contributed by atoms with Gasteiger partial charge in [0.1, 0.15) is 11.6 Å². The van der Waals surface area contributed by atoms with Gasteiger partial charge < -0.3 is 9.47 Å². The van der Waals surface area contributed by atoms with E-state index < -0.39 is 12.8 Å². The number of alkyl halides is 1. The van der Waals surface area contributed by atoms with Crippen molar-refractivity contribution in [3.05, 3.63) is 12.2 Å². The maximum atomic E-state index is 11.4. The fourth-order valence-corrected chi connectivity index (χ4v) is 0.513. The normalized spacial score (nSPS) is 8.92. The first-order chi connectivity index (χ1) is 6.22. The standard InChI is InChI=1S/C8H10FNO3/c1-7(5-10)8(11)13-4-2-3-12-6-9/h1-4,6H2. The maximum absolute atomic E-state index is 11.4. The molecular formula is C8H10FNO3. The average molecular weight is 187 g/mol. The summed E-state index contributed by atoms with van der Waals surface area (Å²) in [5.41, 5.74) is -0.244. The van der Waals surface area contributed by atoms with Crippen molar-refractivity contribution < 1.29 is 18.7 Å². The number of nitriles is 1. The Kier molecular flexibility index (Phi) is 6.46. The number of ether oxygens (including phenoxy) is 2. The summed E-state index contributed by atoms with van der Waals surface area (Å²) >= 11 is 0.